The van der Waals surface area contributed by atoms with Gasteiger partial charge >= 0.3 is 5.97 Å². The molecule has 0 aromatic rings. The first-order valence-electron chi connectivity index (χ1n) is 1.77. The van der Waals surface area contributed by atoms with Gasteiger partial charge in [-0.25, -0.2) is 0 Å². The number of carboxylic acid groups (broad SMARTS) is 1. The number of aliphatic carboxylic acids is 1. The third-order valence-electron chi connectivity index (χ3n) is 0.514. The fourth-order valence-electron chi connectivity index (χ4n) is 0.0781. The van der Waals surface area contributed by atoms with Crippen molar-refractivity contribution in [3.63, 3.8) is 0 Å². The molecule has 0 radical (unpaired) electrons. The second-order valence-electron chi connectivity index (χ2n) is 1.13. The maximum atomic E-state index is 9.65. The number of hydrogen-bond donors (Lipinski definition) is 3. The summed E-state index contributed by atoms with van der Waals surface area (Å²) in [4.78, 5) is 9.65. The van der Waals surface area contributed by atoms with E-state index in [1.165, 1.54) is 0 Å². The lowest BCUT2D eigenvalue weighted by Crippen LogP contribution is -2.33. The molecule has 1 atom stereocenters. The number of hydrogen-bond acceptors (Lipinski definition) is 3. The van der Waals surface area contributed by atoms with Crippen molar-refractivity contribution in [3.8, 4) is 0 Å². The van der Waals surface area contributed by atoms with Gasteiger partial charge in [-0.2, -0.15) is 0 Å². The van der Waals surface area contributed by atoms with Gasteiger partial charge in [-0.3, -0.25) is 4.79 Å². The Balaban J connectivity index is 0. The summed E-state index contributed by atoms with van der Waals surface area (Å²) in [7, 11) is 0. The van der Waals surface area contributed by atoms with Crippen molar-refractivity contribution in [1.82, 2.24) is 0 Å². The van der Waals surface area contributed by atoms with Crippen molar-refractivity contribution in [2.75, 3.05) is 6.61 Å². The van der Waals surface area contributed by atoms with E-state index in [9.17, 15) is 4.79 Å². The minimum Gasteiger partial charge on any atom is -0.480 e. The van der Waals surface area contributed by atoms with Gasteiger partial charge in [-0.1, -0.05) is 0 Å². The first-order chi connectivity index (χ1) is 3.18. The topological polar surface area (TPSA) is 83.5 Å². The Bertz CT molecular complexity index is 76.9. The van der Waals surface area contributed by atoms with E-state index in [1.54, 1.807) is 0 Å². The van der Waals surface area contributed by atoms with E-state index in [4.69, 9.17) is 15.9 Å². The molecular weight excluding hydrogens is 98.0 g/mol. The normalized spacial score (nSPS) is 13.4. The molecule has 0 fully saturated rings. The van der Waals surface area contributed by atoms with Crippen LogP contribution in [-0.4, -0.2) is 28.8 Å². The molecule has 0 heterocycles. The highest BCUT2D eigenvalue weighted by Gasteiger charge is 2.06. The van der Waals surface area contributed by atoms with Gasteiger partial charge in [-0.15, -0.1) is 0 Å². The third-order valence-corrected chi connectivity index (χ3v) is 0.514. The highest BCUT2D eigenvalue weighted by atomic mass is 16.4. The first kappa shape index (κ1) is 6.39. The van der Waals surface area contributed by atoms with Crippen LogP contribution in [0.3, 0.4) is 0 Å². The summed E-state index contributed by atoms with van der Waals surface area (Å²) in [6, 6.07) is -1.13. The summed E-state index contributed by atoms with van der Waals surface area (Å²) < 4.78 is 0. The Morgan fingerprint density at radius 2 is 2.43 bits per heavy atom. The average molecular weight is 107 g/mol. The highest BCUT2D eigenvalue weighted by Crippen LogP contribution is 1.71. The molecule has 0 aliphatic carbocycles. The SMILES string of the molecule is NC(CO)C(=O)O.[HH]. The average Bonchev–Trinajstić information content (AvgIpc) is 1.65. The van der Waals surface area contributed by atoms with Crippen LogP contribution in [0.5, 0.6) is 0 Å². The van der Waals surface area contributed by atoms with Crippen molar-refractivity contribution in [3.05, 3.63) is 0 Å². The fraction of sp³-hybridized carbons (Fsp3) is 0.667. The summed E-state index contributed by atoms with van der Waals surface area (Å²) in [6.45, 7) is -0.505. The molecule has 0 aliphatic heterocycles. The molecule has 0 bridgehead atoms. The van der Waals surface area contributed by atoms with E-state index < -0.39 is 18.6 Å². The lowest BCUT2D eigenvalue weighted by Gasteiger charge is -1.96. The molecule has 44 valence electrons. The summed E-state index contributed by atoms with van der Waals surface area (Å²) in [5.41, 5.74) is 4.77. The van der Waals surface area contributed by atoms with Crippen LogP contribution in [0.15, 0.2) is 0 Å². The number of rotatable bonds is 2. The van der Waals surface area contributed by atoms with Gasteiger partial charge < -0.3 is 15.9 Å². The van der Waals surface area contributed by atoms with Gasteiger partial charge in [0, 0.05) is 1.43 Å². The van der Waals surface area contributed by atoms with E-state index >= 15 is 0 Å². The third kappa shape index (κ3) is 2.13. The molecule has 1 unspecified atom stereocenters. The van der Waals surface area contributed by atoms with Gasteiger partial charge in [0.15, 0.2) is 0 Å². The molecule has 0 aliphatic rings. The van der Waals surface area contributed by atoms with Crippen molar-refractivity contribution in [1.29, 1.82) is 0 Å². The number of carbonyl (C=O) groups is 1. The number of aliphatic hydroxyl groups is 1. The maximum absolute atomic E-state index is 9.65. The standard InChI is InChI=1S/C3H7NO3.H2/c4-2(1-5)3(6)7;/h2,5H,1,4H2,(H,6,7);1H. The van der Waals surface area contributed by atoms with E-state index in [2.05, 4.69) is 0 Å². The lowest BCUT2D eigenvalue weighted by atomic mass is 10.3. The van der Waals surface area contributed by atoms with E-state index in [1.807, 2.05) is 0 Å². The van der Waals surface area contributed by atoms with Crippen LogP contribution in [-0.2, 0) is 4.79 Å². The Kier molecular flexibility index (Phi) is 2.32. The Labute approximate surface area is 42.0 Å². The maximum Gasteiger partial charge on any atom is 0.322 e. The van der Waals surface area contributed by atoms with Crippen LogP contribution < -0.4 is 5.73 Å². The number of nitrogens with two attached hydrogens (primary N) is 1. The Morgan fingerprint density at radius 1 is 2.00 bits per heavy atom. The lowest BCUT2D eigenvalue weighted by molar-refractivity contribution is -0.139. The van der Waals surface area contributed by atoms with Gasteiger partial charge in [-0.05, 0) is 0 Å². The predicted molar refractivity (Wildman–Crippen MR) is 24.8 cm³/mol. The minimum atomic E-state index is -1.18. The molecule has 0 saturated carbocycles. The second-order valence-corrected chi connectivity index (χ2v) is 1.13. The zero-order valence-corrected chi connectivity index (χ0v) is 3.66. The molecule has 0 amide bonds. The van der Waals surface area contributed by atoms with Gasteiger partial charge in [0.1, 0.15) is 6.04 Å². The predicted octanol–water partition coefficient (Wildman–Crippen LogP) is -1.36. The van der Waals surface area contributed by atoms with Crippen molar-refractivity contribution in [2.45, 2.75) is 6.04 Å². The van der Waals surface area contributed by atoms with E-state index in [0.29, 0.717) is 0 Å². The molecule has 0 rings (SSSR count). The Morgan fingerprint density at radius 3 is 2.43 bits per heavy atom. The molecule has 4 nitrogen and oxygen atoms in total. The molecule has 0 saturated heterocycles. The zero-order chi connectivity index (χ0) is 5.86. The van der Waals surface area contributed by atoms with Crippen LogP contribution in [0.2, 0.25) is 0 Å². The largest absolute Gasteiger partial charge is 0.480 e. The second kappa shape index (κ2) is 2.54. The van der Waals surface area contributed by atoms with Crippen LogP contribution in [0.1, 0.15) is 1.43 Å². The molecule has 0 spiro atoms. The summed E-state index contributed by atoms with van der Waals surface area (Å²) >= 11 is 0. The molecular formula is C3H9NO3. The summed E-state index contributed by atoms with van der Waals surface area (Å²) in [5.74, 6) is -1.18. The van der Waals surface area contributed by atoms with Gasteiger partial charge in [0.05, 0.1) is 6.61 Å². The minimum absolute atomic E-state index is 0. The molecule has 4 N–H and O–H groups in total. The van der Waals surface area contributed by atoms with Gasteiger partial charge in [0.25, 0.3) is 0 Å². The van der Waals surface area contributed by atoms with Crippen molar-refractivity contribution < 1.29 is 16.4 Å². The summed E-state index contributed by atoms with van der Waals surface area (Å²) in [6.07, 6.45) is 0. The van der Waals surface area contributed by atoms with Crippen molar-refractivity contribution >= 4 is 5.97 Å². The molecule has 0 aromatic heterocycles. The van der Waals surface area contributed by atoms with E-state index in [-0.39, 0.29) is 1.43 Å². The van der Waals surface area contributed by atoms with Crippen LogP contribution in [0.25, 0.3) is 0 Å². The van der Waals surface area contributed by atoms with Crippen LogP contribution in [0.4, 0.5) is 0 Å². The quantitative estimate of drug-likeness (QED) is 0.407. The monoisotopic (exact) mass is 107 g/mol. The molecule has 4 heteroatoms. The van der Waals surface area contributed by atoms with Crippen LogP contribution >= 0.6 is 0 Å². The zero-order valence-electron chi connectivity index (χ0n) is 3.66. The molecule has 0 aromatic carbocycles. The first-order valence-corrected chi connectivity index (χ1v) is 1.77. The Hall–Kier alpha value is -0.610. The smallest absolute Gasteiger partial charge is 0.322 e. The van der Waals surface area contributed by atoms with Crippen LogP contribution in [0, 0.1) is 0 Å². The molecule has 7 heavy (non-hydrogen) atoms. The fourth-order valence-corrected chi connectivity index (χ4v) is 0.0781. The number of aliphatic hydroxyl groups excluding tert-OH is 1. The van der Waals surface area contributed by atoms with Crippen molar-refractivity contribution in [2.24, 2.45) is 5.73 Å². The van der Waals surface area contributed by atoms with Gasteiger partial charge in [0.2, 0.25) is 0 Å². The number of carboxylic acids is 1. The highest BCUT2D eigenvalue weighted by molar-refractivity contribution is 5.73. The summed E-state index contributed by atoms with van der Waals surface area (Å²) in [5, 5.41) is 15.9. The van der Waals surface area contributed by atoms with E-state index in [0.717, 1.165) is 0 Å².